The third-order valence-electron chi connectivity index (χ3n) is 4.10. The number of thiophene rings is 1. The topological polar surface area (TPSA) is 80.9 Å². The van der Waals surface area contributed by atoms with Crippen molar-refractivity contribution in [2.45, 2.75) is 20.8 Å². The second kappa shape index (κ2) is 6.19. The minimum atomic E-state index is -0.273. The molecule has 132 valence electrons. The predicted molar refractivity (Wildman–Crippen MR) is 111 cm³/mol. The van der Waals surface area contributed by atoms with Gasteiger partial charge in [-0.3, -0.25) is 10.1 Å². The summed E-state index contributed by atoms with van der Waals surface area (Å²) in [6.45, 7) is 5.85. The summed E-state index contributed by atoms with van der Waals surface area (Å²) in [5.41, 5.74) is 10.4. The zero-order valence-electron chi connectivity index (χ0n) is 14.3. The van der Waals surface area contributed by atoms with Crippen molar-refractivity contribution in [2.75, 3.05) is 11.1 Å². The molecule has 0 spiro atoms. The average Bonchev–Trinajstić information content (AvgIpc) is 3.08. The molecule has 0 bridgehead atoms. The Morgan fingerprint density at radius 1 is 1.12 bits per heavy atom. The van der Waals surface area contributed by atoms with Gasteiger partial charge in [0.25, 0.3) is 5.91 Å². The van der Waals surface area contributed by atoms with Crippen molar-refractivity contribution in [1.29, 1.82) is 0 Å². The van der Waals surface area contributed by atoms with E-state index in [0.717, 1.165) is 37.3 Å². The number of carbonyl (C=O) groups excluding carboxylic acids is 1. The molecule has 3 heterocycles. The van der Waals surface area contributed by atoms with Crippen LogP contribution in [0.25, 0.3) is 20.4 Å². The highest BCUT2D eigenvalue weighted by atomic mass is 35.5. The Kier molecular flexibility index (Phi) is 4.10. The molecule has 0 saturated carbocycles. The van der Waals surface area contributed by atoms with Crippen molar-refractivity contribution in [2.24, 2.45) is 0 Å². The number of benzene rings is 1. The van der Waals surface area contributed by atoms with Crippen LogP contribution in [0.2, 0.25) is 5.02 Å². The quantitative estimate of drug-likeness (QED) is 0.475. The fourth-order valence-electron chi connectivity index (χ4n) is 3.00. The van der Waals surface area contributed by atoms with Gasteiger partial charge < -0.3 is 5.73 Å². The number of fused-ring (bicyclic) bond motifs is 2. The molecule has 3 N–H and O–H groups in total. The van der Waals surface area contributed by atoms with Gasteiger partial charge in [-0.05, 0) is 50.1 Å². The lowest BCUT2D eigenvalue weighted by Crippen LogP contribution is -2.11. The normalized spacial score (nSPS) is 11.4. The first-order valence-electron chi connectivity index (χ1n) is 7.87. The van der Waals surface area contributed by atoms with E-state index in [4.69, 9.17) is 17.3 Å². The van der Waals surface area contributed by atoms with Crippen LogP contribution < -0.4 is 11.1 Å². The zero-order valence-corrected chi connectivity index (χ0v) is 16.7. The molecule has 0 atom stereocenters. The van der Waals surface area contributed by atoms with Gasteiger partial charge in [0, 0.05) is 16.1 Å². The molecule has 0 aliphatic rings. The van der Waals surface area contributed by atoms with E-state index >= 15 is 0 Å². The molecular weight excluding hydrogens is 388 g/mol. The number of nitrogens with two attached hydrogens (primary N) is 1. The van der Waals surface area contributed by atoms with Gasteiger partial charge in [0.2, 0.25) is 0 Å². The maximum atomic E-state index is 12.8. The number of nitrogens with one attached hydrogen (secondary N) is 1. The third kappa shape index (κ3) is 2.82. The van der Waals surface area contributed by atoms with Gasteiger partial charge in [0.15, 0.2) is 5.13 Å². The van der Waals surface area contributed by atoms with Gasteiger partial charge in [-0.1, -0.05) is 22.9 Å². The number of carbonyl (C=O) groups is 1. The molecule has 5 nitrogen and oxygen atoms in total. The summed E-state index contributed by atoms with van der Waals surface area (Å²) in [6.07, 6.45) is 0. The number of hydrogen-bond donors (Lipinski definition) is 2. The molecule has 8 heteroatoms. The number of aryl methyl sites for hydroxylation is 3. The van der Waals surface area contributed by atoms with Crippen LogP contribution in [0.15, 0.2) is 18.2 Å². The van der Waals surface area contributed by atoms with Crippen LogP contribution in [0.5, 0.6) is 0 Å². The number of hydrogen-bond acceptors (Lipinski definition) is 6. The van der Waals surface area contributed by atoms with Crippen LogP contribution in [0.3, 0.4) is 0 Å². The van der Waals surface area contributed by atoms with Crippen molar-refractivity contribution in [1.82, 2.24) is 9.97 Å². The van der Waals surface area contributed by atoms with Crippen molar-refractivity contribution >= 4 is 71.4 Å². The molecule has 26 heavy (non-hydrogen) atoms. The minimum Gasteiger partial charge on any atom is -0.397 e. The average molecular weight is 403 g/mol. The maximum absolute atomic E-state index is 12.8. The Morgan fingerprint density at radius 3 is 2.65 bits per heavy atom. The fraction of sp³-hybridized carbons (Fsp3) is 0.167. The van der Waals surface area contributed by atoms with E-state index in [1.54, 1.807) is 0 Å². The van der Waals surface area contributed by atoms with Gasteiger partial charge in [-0.15, -0.1) is 11.3 Å². The predicted octanol–water partition coefficient (Wildman–Crippen LogP) is 5.32. The molecular formula is C18H15ClN4OS2. The first kappa shape index (κ1) is 17.2. The summed E-state index contributed by atoms with van der Waals surface area (Å²) in [6, 6.07) is 5.67. The van der Waals surface area contributed by atoms with Crippen LogP contribution in [0.1, 0.15) is 26.5 Å². The van der Waals surface area contributed by atoms with E-state index in [-0.39, 0.29) is 5.91 Å². The molecule has 0 fully saturated rings. The van der Waals surface area contributed by atoms with Gasteiger partial charge in [-0.2, -0.15) is 0 Å². The van der Waals surface area contributed by atoms with Crippen LogP contribution in [-0.2, 0) is 0 Å². The molecule has 3 aromatic heterocycles. The van der Waals surface area contributed by atoms with Crippen molar-refractivity contribution in [3.05, 3.63) is 44.9 Å². The van der Waals surface area contributed by atoms with Gasteiger partial charge in [0.1, 0.15) is 9.71 Å². The monoisotopic (exact) mass is 402 g/mol. The first-order valence-corrected chi connectivity index (χ1v) is 9.89. The first-order chi connectivity index (χ1) is 12.3. The van der Waals surface area contributed by atoms with Crippen molar-refractivity contribution in [3.63, 3.8) is 0 Å². The fourth-order valence-corrected chi connectivity index (χ4v) is 5.43. The molecule has 0 radical (unpaired) electrons. The smallest absolute Gasteiger partial charge is 0.269 e. The molecule has 1 amide bonds. The van der Waals surface area contributed by atoms with Crippen molar-refractivity contribution < 1.29 is 4.79 Å². The number of nitrogen functional groups attached to an aromatic ring is 1. The molecule has 0 saturated heterocycles. The highest BCUT2D eigenvalue weighted by Gasteiger charge is 2.20. The van der Waals surface area contributed by atoms with E-state index in [1.165, 1.54) is 22.7 Å². The second-order valence-corrected chi connectivity index (χ2v) is 8.61. The Hall–Kier alpha value is -2.22. The van der Waals surface area contributed by atoms with E-state index in [2.05, 4.69) is 15.3 Å². The molecule has 4 rings (SSSR count). The lowest BCUT2D eigenvalue weighted by Gasteiger charge is -2.01. The number of aromatic nitrogens is 2. The lowest BCUT2D eigenvalue weighted by atomic mass is 10.1. The number of rotatable bonds is 2. The van der Waals surface area contributed by atoms with Crippen molar-refractivity contribution in [3.8, 4) is 0 Å². The number of anilines is 2. The molecule has 1 aromatic carbocycles. The largest absolute Gasteiger partial charge is 0.397 e. The van der Waals surface area contributed by atoms with Gasteiger partial charge in [0.05, 0.1) is 15.9 Å². The van der Waals surface area contributed by atoms with E-state index in [1.807, 2.05) is 39.0 Å². The molecule has 4 aromatic rings. The van der Waals surface area contributed by atoms with Crippen LogP contribution in [0.4, 0.5) is 10.8 Å². The standard InChI is InChI=1S/C18H15ClN4OS2/c1-7-4-9(3)21-17-12(7)13(20)15(26-17)16(24)23-18-22-14-8(2)5-10(19)6-11(14)25-18/h4-6H,20H2,1-3H3,(H,22,23,24). The van der Waals surface area contributed by atoms with E-state index in [0.29, 0.717) is 20.7 Å². The SMILES string of the molecule is Cc1cc(C)c2c(N)c(C(=O)Nc3nc4c(C)cc(Cl)cc4s3)sc2n1. The summed E-state index contributed by atoms with van der Waals surface area (Å²) in [7, 11) is 0. The molecule has 0 aliphatic heterocycles. The second-order valence-electron chi connectivity index (χ2n) is 6.15. The third-order valence-corrected chi connectivity index (χ3v) is 6.34. The lowest BCUT2D eigenvalue weighted by molar-refractivity contribution is 0.103. The van der Waals surface area contributed by atoms with Gasteiger partial charge >= 0.3 is 0 Å². The Balaban J connectivity index is 1.73. The van der Waals surface area contributed by atoms with Crippen LogP contribution in [0, 0.1) is 20.8 Å². The summed E-state index contributed by atoms with van der Waals surface area (Å²) >= 11 is 8.79. The van der Waals surface area contributed by atoms with E-state index in [9.17, 15) is 4.79 Å². The Bertz CT molecular complexity index is 1200. The molecule has 0 aliphatic carbocycles. The summed E-state index contributed by atoms with van der Waals surface area (Å²) in [5.74, 6) is -0.273. The van der Waals surface area contributed by atoms with Gasteiger partial charge in [-0.25, -0.2) is 9.97 Å². The summed E-state index contributed by atoms with van der Waals surface area (Å²) < 4.78 is 0.933. The number of nitrogens with zero attached hydrogens (tertiary/aromatic N) is 2. The number of halogens is 1. The van der Waals surface area contributed by atoms with E-state index < -0.39 is 0 Å². The zero-order chi connectivity index (χ0) is 18.6. The van der Waals surface area contributed by atoms with Crippen LogP contribution in [-0.4, -0.2) is 15.9 Å². The highest BCUT2D eigenvalue weighted by Crippen LogP contribution is 2.36. The molecule has 0 unspecified atom stereocenters. The Morgan fingerprint density at radius 2 is 1.88 bits per heavy atom. The minimum absolute atomic E-state index is 0.273. The highest BCUT2D eigenvalue weighted by molar-refractivity contribution is 7.23. The number of amides is 1. The maximum Gasteiger partial charge on any atom is 0.269 e. The summed E-state index contributed by atoms with van der Waals surface area (Å²) in [4.78, 5) is 23.0. The number of thiazole rings is 1. The van der Waals surface area contributed by atoms with Crippen LogP contribution >= 0.6 is 34.3 Å². The summed E-state index contributed by atoms with van der Waals surface area (Å²) in [5, 5.41) is 4.88. The number of pyridine rings is 1. The Labute approximate surface area is 162 Å².